The van der Waals surface area contributed by atoms with Gasteiger partial charge >= 0.3 is 11.9 Å². The van der Waals surface area contributed by atoms with E-state index in [1.807, 2.05) is 47.0 Å². The highest BCUT2D eigenvalue weighted by Crippen LogP contribution is 2.28. The van der Waals surface area contributed by atoms with Gasteiger partial charge < -0.3 is 19.0 Å². The molecule has 164 valence electrons. The molecular weight excluding hydrogens is 643 g/mol. The molecule has 9 heteroatoms. The van der Waals surface area contributed by atoms with Gasteiger partial charge in [0.1, 0.15) is 0 Å². The number of hydrogen-bond acceptors (Lipinski definition) is 4. The number of nitrogens with one attached hydrogen (secondary N) is 1. The van der Waals surface area contributed by atoms with Crippen molar-refractivity contribution in [2.24, 2.45) is 7.05 Å². The number of fused-ring (bicyclic) bond motifs is 2. The molecule has 0 saturated carbocycles. The average Bonchev–Trinajstić information content (AvgIpc) is 3.44. The standard InChI is InChI=1S/C11H10BrNO2.C10H8BrNO2.CH3I/c1-13-6-5-7-9(12)4-3-8(10(7)13)11(14)15-2;1-14-10(13)7-2-3-8(11)6-4-5-12-9(6)7;1-2/h3-6H,1-2H3;2-5,12H,1H3;1H3. The van der Waals surface area contributed by atoms with Crippen LogP contribution in [0.25, 0.3) is 21.8 Å². The highest BCUT2D eigenvalue weighted by Gasteiger charge is 2.14. The van der Waals surface area contributed by atoms with Crippen LogP contribution in [0.1, 0.15) is 20.7 Å². The van der Waals surface area contributed by atoms with Gasteiger partial charge in [-0.1, -0.05) is 54.5 Å². The lowest BCUT2D eigenvalue weighted by molar-refractivity contribution is 0.0593. The predicted molar refractivity (Wildman–Crippen MR) is 139 cm³/mol. The van der Waals surface area contributed by atoms with E-state index in [-0.39, 0.29) is 11.9 Å². The SMILES string of the molecule is CI.COC(=O)c1ccc(Br)c2cc[nH]c12.COC(=O)c1ccc(Br)c2ccn(C)c12. The van der Waals surface area contributed by atoms with Crippen LogP contribution in [0.4, 0.5) is 0 Å². The van der Waals surface area contributed by atoms with Gasteiger partial charge in [0.25, 0.3) is 0 Å². The van der Waals surface area contributed by atoms with Crippen molar-refractivity contribution in [3.05, 3.63) is 68.9 Å². The summed E-state index contributed by atoms with van der Waals surface area (Å²) in [5.41, 5.74) is 2.82. The molecule has 0 radical (unpaired) electrons. The zero-order chi connectivity index (χ0) is 23.1. The van der Waals surface area contributed by atoms with Crippen molar-refractivity contribution in [3.8, 4) is 0 Å². The normalized spacial score (nSPS) is 10.0. The number of esters is 2. The molecule has 2 heterocycles. The number of aryl methyl sites for hydroxylation is 1. The summed E-state index contributed by atoms with van der Waals surface area (Å²) in [6.45, 7) is 0. The van der Waals surface area contributed by atoms with Crippen molar-refractivity contribution in [1.82, 2.24) is 9.55 Å². The average molecular weight is 664 g/mol. The number of methoxy groups -OCH3 is 2. The summed E-state index contributed by atoms with van der Waals surface area (Å²) in [7, 11) is 4.67. The number of halogens is 3. The van der Waals surface area contributed by atoms with Crippen molar-refractivity contribution in [3.63, 3.8) is 0 Å². The smallest absolute Gasteiger partial charge is 0.340 e. The topological polar surface area (TPSA) is 73.3 Å². The van der Waals surface area contributed by atoms with Crippen LogP contribution in [-0.2, 0) is 16.5 Å². The summed E-state index contributed by atoms with van der Waals surface area (Å²) in [5, 5.41) is 1.99. The van der Waals surface area contributed by atoms with E-state index in [0.717, 1.165) is 30.8 Å². The summed E-state index contributed by atoms with van der Waals surface area (Å²) in [5.74, 6) is -0.640. The molecule has 0 aliphatic carbocycles. The number of alkyl halides is 1. The molecule has 6 nitrogen and oxygen atoms in total. The highest BCUT2D eigenvalue weighted by atomic mass is 127. The second kappa shape index (κ2) is 11.7. The van der Waals surface area contributed by atoms with Gasteiger partial charge in [-0.3, -0.25) is 0 Å². The Morgan fingerprint density at radius 1 is 0.871 bits per heavy atom. The lowest BCUT2D eigenvalue weighted by atomic mass is 10.1. The third-order valence-corrected chi connectivity index (χ3v) is 5.84. The Morgan fingerprint density at radius 3 is 2.03 bits per heavy atom. The highest BCUT2D eigenvalue weighted by molar-refractivity contribution is 14.1. The molecule has 4 aromatic rings. The maximum absolute atomic E-state index is 11.5. The summed E-state index contributed by atoms with van der Waals surface area (Å²) in [6.07, 6.45) is 3.71. The number of H-pyrrole nitrogens is 1. The maximum Gasteiger partial charge on any atom is 0.340 e. The lowest BCUT2D eigenvalue weighted by Crippen LogP contribution is -2.04. The number of rotatable bonds is 2. The Balaban J connectivity index is 0.000000204. The summed E-state index contributed by atoms with van der Waals surface area (Å²) >= 11 is 9.01. The third kappa shape index (κ3) is 5.50. The molecule has 0 aliphatic heterocycles. The first-order chi connectivity index (χ1) is 14.9. The zero-order valence-corrected chi connectivity index (χ0v) is 22.7. The first kappa shape index (κ1) is 25.4. The van der Waals surface area contributed by atoms with Gasteiger partial charge in [-0.2, -0.15) is 0 Å². The minimum atomic E-state index is -0.329. The van der Waals surface area contributed by atoms with Crippen LogP contribution in [0.3, 0.4) is 0 Å². The summed E-state index contributed by atoms with van der Waals surface area (Å²) in [4.78, 5) is 27.9. The van der Waals surface area contributed by atoms with Gasteiger partial charge in [0.15, 0.2) is 0 Å². The van der Waals surface area contributed by atoms with Crippen LogP contribution in [0.2, 0.25) is 0 Å². The molecule has 31 heavy (non-hydrogen) atoms. The van der Waals surface area contributed by atoms with Gasteiger partial charge in [0.05, 0.1) is 36.4 Å². The second-order valence-electron chi connectivity index (χ2n) is 6.13. The monoisotopic (exact) mass is 662 g/mol. The molecular formula is C22H21Br2IN2O4. The largest absolute Gasteiger partial charge is 0.465 e. The Morgan fingerprint density at radius 2 is 1.42 bits per heavy atom. The van der Waals surface area contributed by atoms with Gasteiger partial charge in [0, 0.05) is 39.2 Å². The van der Waals surface area contributed by atoms with E-state index >= 15 is 0 Å². The first-order valence-electron chi connectivity index (χ1n) is 8.92. The van der Waals surface area contributed by atoms with Crippen LogP contribution < -0.4 is 0 Å². The minimum Gasteiger partial charge on any atom is -0.465 e. The van der Waals surface area contributed by atoms with Crippen molar-refractivity contribution < 1.29 is 19.1 Å². The number of carbonyl (C=O) groups excluding carboxylic acids is 2. The van der Waals surface area contributed by atoms with E-state index in [2.05, 4.69) is 64.2 Å². The fourth-order valence-electron chi connectivity index (χ4n) is 3.06. The van der Waals surface area contributed by atoms with Crippen LogP contribution >= 0.6 is 54.5 Å². The molecule has 1 N–H and O–H groups in total. The number of aromatic amines is 1. The quantitative estimate of drug-likeness (QED) is 0.151. The van der Waals surface area contributed by atoms with Gasteiger partial charge in [-0.05, 0) is 41.3 Å². The molecule has 0 unspecified atom stereocenters. The maximum atomic E-state index is 11.5. The second-order valence-corrected chi connectivity index (χ2v) is 7.84. The zero-order valence-electron chi connectivity index (χ0n) is 17.3. The van der Waals surface area contributed by atoms with Crippen LogP contribution in [0.15, 0.2) is 57.7 Å². The predicted octanol–water partition coefficient (Wildman–Crippen LogP) is 6.50. The number of ether oxygens (including phenoxy) is 2. The molecule has 0 fully saturated rings. The molecule has 2 aromatic carbocycles. The molecule has 0 amide bonds. The van der Waals surface area contributed by atoms with E-state index in [1.54, 1.807) is 18.3 Å². The molecule has 0 saturated heterocycles. The fourth-order valence-corrected chi connectivity index (χ4v) is 3.97. The van der Waals surface area contributed by atoms with Gasteiger partial charge in [-0.15, -0.1) is 0 Å². The fraction of sp³-hybridized carbons (Fsp3) is 0.182. The van der Waals surface area contributed by atoms with Crippen LogP contribution in [-0.4, -0.2) is 40.6 Å². The van der Waals surface area contributed by atoms with Crippen LogP contribution in [0, 0.1) is 0 Å². The molecule has 0 bridgehead atoms. The van der Waals surface area contributed by atoms with Crippen molar-refractivity contribution in [2.75, 3.05) is 19.2 Å². The third-order valence-electron chi connectivity index (χ3n) is 4.46. The van der Waals surface area contributed by atoms with E-state index < -0.39 is 0 Å². The lowest BCUT2D eigenvalue weighted by Gasteiger charge is -2.05. The van der Waals surface area contributed by atoms with Gasteiger partial charge in [0.2, 0.25) is 0 Å². The summed E-state index contributed by atoms with van der Waals surface area (Å²) in [6, 6.07) is 11.1. The number of nitrogens with zero attached hydrogens (tertiary/aromatic N) is 1. The number of hydrogen-bond donors (Lipinski definition) is 1. The van der Waals surface area contributed by atoms with E-state index in [0.29, 0.717) is 11.1 Å². The van der Waals surface area contributed by atoms with Crippen molar-refractivity contribution >= 4 is 88.2 Å². The number of benzene rings is 2. The van der Waals surface area contributed by atoms with Crippen molar-refractivity contribution in [2.45, 2.75) is 0 Å². The minimum absolute atomic E-state index is 0.311. The number of carbonyl (C=O) groups is 2. The molecule has 2 aromatic heterocycles. The Labute approximate surface area is 210 Å². The van der Waals surface area contributed by atoms with Crippen LogP contribution in [0.5, 0.6) is 0 Å². The Hall–Kier alpha value is -1.85. The van der Waals surface area contributed by atoms with Crippen molar-refractivity contribution in [1.29, 1.82) is 0 Å². The summed E-state index contributed by atoms with van der Waals surface area (Å²) < 4.78 is 13.3. The van der Waals surface area contributed by atoms with E-state index in [9.17, 15) is 9.59 Å². The van der Waals surface area contributed by atoms with Gasteiger partial charge in [-0.25, -0.2) is 9.59 Å². The molecule has 0 aliphatic rings. The van der Waals surface area contributed by atoms with E-state index in [1.165, 1.54) is 14.2 Å². The Bertz CT molecular complexity index is 1220. The molecule has 4 rings (SSSR count). The number of aromatic nitrogens is 2. The van der Waals surface area contributed by atoms with E-state index in [4.69, 9.17) is 4.74 Å². The first-order valence-corrected chi connectivity index (χ1v) is 12.7. The molecule has 0 spiro atoms. The Kier molecular flexibility index (Phi) is 9.57. The molecule has 0 atom stereocenters.